The molecule has 124 valence electrons. The van der Waals surface area contributed by atoms with Gasteiger partial charge in [-0.05, 0) is 42.1 Å². The van der Waals surface area contributed by atoms with Gasteiger partial charge in [0.25, 0.3) is 0 Å². The molecule has 3 heterocycles. The van der Waals surface area contributed by atoms with Gasteiger partial charge in [0.15, 0.2) is 0 Å². The number of aromatic nitrogens is 3. The molecule has 5 nitrogen and oxygen atoms in total. The largest absolute Gasteiger partial charge is 0.369 e. The van der Waals surface area contributed by atoms with Gasteiger partial charge >= 0.3 is 0 Å². The molecule has 3 aromatic heterocycles. The maximum absolute atomic E-state index is 4.66. The van der Waals surface area contributed by atoms with E-state index in [4.69, 9.17) is 0 Å². The van der Waals surface area contributed by atoms with E-state index in [1.165, 1.54) is 4.88 Å². The van der Waals surface area contributed by atoms with Crippen LogP contribution < -0.4 is 10.6 Å². The minimum Gasteiger partial charge on any atom is -0.369 e. The normalized spacial score (nSPS) is 10.7. The predicted molar refractivity (Wildman–Crippen MR) is 104 cm³/mol. The predicted octanol–water partition coefficient (Wildman–Crippen LogP) is 4.48. The summed E-state index contributed by atoms with van der Waals surface area (Å²) >= 11 is 1.78. The van der Waals surface area contributed by atoms with Gasteiger partial charge in [-0.2, -0.15) is 4.98 Å². The highest BCUT2D eigenvalue weighted by Crippen LogP contribution is 2.23. The molecule has 0 atom stereocenters. The van der Waals surface area contributed by atoms with Crippen LogP contribution in [0.1, 0.15) is 4.88 Å². The maximum Gasteiger partial charge on any atom is 0.229 e. The molecule has 0 saturated heterocycles. The highest BCUT2D eigenvalue weighted by Gasteiger charge is 2.07. The van der Waals surface area contributed by atoms with E-state index in [1.54, 1.807) is 23.7 Å². The lowest BCUT2D eigenvalue weighted by atomic mass is 10.2. The monoisotopic (exact) mass is 347 g/mol. The van der Waals surface area contributed by atoms with Crippen LogP contribution in [0, 0.1) is 0 Å². The van der Waals surface area contributed by atoms with Crippen LogP contribution in [0.3, 0.4) is 0 Å². The SMILES string of the molecule is c1csc(CCNc2nc(Nc3ccncc3)nc3ccccc23)c1. The first-order chi connectivity index (χ1) is 12.4. The zero-order valence-corrected chi connectivity index (χ0v) is 14.3. The third kappa shape index (κ3) is 3.75. The quantitative estimate of drug-likeness (QED) is 0.538. The van der Waals surface area contributed by atoms with Gasteiger partial charge in [0.1, 0.15) is 5.82 Å². The first-order valence-electron chi connectivity index (χ1n) is 8.08. The van der Waals surface area contributed by atoms with E-state index < -0.39 is 0 Å². The van der Waals surface area contributed by atoms with Crippen molar-refractivity contribution in [3.63, 3.8) is 0 Å². The summed E-state index contributed by atoms with van der Waals surface area (Å²) in [6.07, 6.45) is 4.45. The molecule has 4 rings (SSSR count). The standard InChI is InChI=1S/C19H17N5S/c1-2-6-17-16(5-1)18(21-12-9-15-4-3-13-25-15)24-19(23-17)22-14-7-10-20-11-8-14/h1-8,10-11,13H,9,12H2,(H2,20,21,22,23,24). The molecule has 0 fully saturated rings. The van der Waals surface area contributed by atoms with Crippen molar-refractivity contribution in [1.29, 1.82) is 0 Å². The molecule has 0 unspecified atom stereocenters. The Labute approximate surface area is 149 Å². The van der Waals surface area contributed by atoms with E-state index in [0.717, 1.165) is 35.4 Å². The Bertz CT molecular complexity index is 954. The van der Waals surface area contributed by atoms with Crippen molar-refractivity contribution in [2.75, 3.05) is 17.2 Å². The molecule has 0 amide bonds. The lowest BCUT2D eigenvalue weighted by Gasteiger charge is -2.11. The number of rotatable bonds is 6. The number of nitrogens with one attached hydrogen (secondary N) is 2. The van der Waals surface area contributed by atoms with Crippen molar-refractivity contribution < 1.29 is 0 Å². The van der Waals surface area contributed by atoms with Gasteiger partial charge in [-0.3, -0.25) is 4.98 Å². The van der Waals surface area contributed by atoms with Crippen LogP contribution in [0.25, 0.3) is 10.9 Å². The second-order valence-electron chi connectivity index (χ2n) is 5.53. The van der Waals surface area contributed by atoms with Gasteiger partial charge in [0.05, 0.1) is 5.52 Å². The van der Waals surface area contributed by atoms with Crippen molar-refractivity contribution in [1.82, 2.24) is 15.0 Å². The number of fused-ring (bicyclic) bond motifs is 1. The summed E-state index contributed by atoms with van der Waals surface area (Å²) in [5, 5.41) is 9.82. The minimum absolute atomic E-state index is 0.573. The first kappa shape index (κ1) is 15.5. The Morgan fingerprint density at radius 1 is 0.920 bits per heavy atom. The van der Waals surface area contributed by atoms with Crippen LogP contribution in [0.2, 0.25) is 0 Å². The number of nitrogens with zero attached hydrogens (tertiary/aromatic N) is 3. The van der Waals surface area contributed by atoms with E-state index in [9.17, 15) is 0 Å². The molecule has 0 spiro atoms. The molecule has 4 aromatic rings. The molecule has 6 heteroatoms. The van der Waals surface area contributed by atoms with Gasteiger partial charge in [-0.1, -0.05) is 18.2 Å². The van der Waals surface area contributed by atoms with Crippen molar-refractivity contribution in [3.05, 3.63) is 71.2 Å². The molecule has 0 aliphatic heterocycles. The number of pyridine rings is 1. The van der Waals surface area contributed by atoms with Crippen LogP contribution in [0.5, 0.6) is 0 Å². The first-order valence-corrected chi connectivity index (χ1v) is 8.96. The van der Waals surface area contributed by atoms with Gasteiger partial charge in [-0.25, -0.2) is 4.98 Å². The summed E-state index contributed by atoms with van der Waals surface area (Å²) in [6, 6.07) is 16.0. The van der Waals surface area contributed by atoms with Gasteiger partial charge in [-0.15, -0.1) is 11.3 Å². The molecular formula is C19H17N5S. The average molecular weight is 347 g/mol. The highest BCUT2D eigenvalue weighted by atomic mass is 32.1. The fraction of sp³-hybridized carbons (Fsp3) is 0.105. The van der Waals surface area contributed by atoms with E-state index >= 15 is 0 Å². The lowest BCUT2D eigenvalue weighted by molar-refractivity contribution is 1.03. The minimum atomic E-state index is 0.573. The van der Waals surface area contributed by atoms with Crippen LogP contribution in [-0.2, 0) is 6.42 Å². The Morgan fingerprint density at radius 2 is 1.80 bits per heavy atom. The molecular weight excluding hydrogens is 330 g/mol. The summed E-state index contributed by atoms with van der Waals surface area (Å²) in [7, 11) is 0. The lowest BCUT2D eigenvalue weighted by Crippen LogP contribution is -2.08. The summed E-state index contributed by atoms with van der Waals surface area (Å²) in [4.78, 5) is 14.7. The molecule has 0 radical (unpaired) electrons. The number of hydrogen-bond acceptors (Lipinski definition) is 6. The van der Waals surface area contributed by atoms with Crippen molar-refractivity contribution in [3.8, 4) is 0 Å². The summed E-state index contributed by atoms with van der Waals surface area (Å²) < 4.78 is 0. The topological polar surface area (TPSA) is 62.7 Å². The number of hydrogen-bond donors (Lipinski definition) is 2. The number of benzene rings is 1. The van der Waals surface area contributed by atoms with Crippen molar-refractivity contribution >= 4 is 39.7 Å². The Hall–Kier alpha value is -2.99. The number of para-hydroxylation sites is 1. The molecule has 1 aromatic carbocycles. The van der Waals surface area contributed by atoms with Gasteiger partial charge in [0, 0.05) is 34.9 Å². The molecule has 25 heavy (non-hydrogen) atoms. The molecule has 2 N–H and O–H groups in total. The van der Waals surface area contributed by atoms with Gasteiger partial charge in [0.2, 0.25) is 5.95 Å². The van der Waals surface area contributed by atoms with Gasteiger partial charge < -0.3 is 10.6 Å². The fourth-order valence-electron chi connectivity index (χ4n) is 2.59. The Kier molecular flexibility index (Phi) is 4.52. The zero-order chi connectivity index (χ0) is 16.9. The smallest absolute Gasteiger partial charge is 0.229 e. The van der Waals surface area contributed by atoms with Crippen LogP contribution in [-0.4, -0.2) is 21.5 Å². The zero-order valence-electron chi connectivity index (χ0n) is 13.5. The van der Waals surface area contributed by atoms with Crippen LogP contribution in [0.4, 0.5) is 17.5 Å². The average Bonchev–Trinajstić information content (AvgIpc) is 3.16. The highest BCUT2D eigenvalue weighted by molar-refractivity contribution is 7.09. The molecule has 0 saturated carbocycles. The number of anilines is 3. The van der Waals surface area contributed by atoms with E-state index in [-0.39, 0.29) is 0 Å². The third-order valence-corrected chi connectivity index (χ3v) is 4.72. The Balaban J connectivity index is 1.59. The summed E-state index contributed by atoms with van der Waals surface area (Å²) in [5.74, 6) is 1.42. The molecule has 0 aliphatic carbocycles. The summed E-state index contributed by atoms with van der Waals surface area (Å²) in [5.41, 5.74) is 1.82. The second-order valence-corrected chi connectivity index (χ2v) is 6.56. The summed E-state index contributed by atoms with van der Waals surface area (Å²) in [6.45, 7) is 0.830. The van der Waals surface area contributed by atoms with Crippen molar-refractivity contribution in [2.24, 2.45) is 0 Å². The molecule has 0 aliphatic rings. The second kappa shape index (κ2) is 7.27. The third-order valence-electron chi connectivity index (χ3n) is 3.78. The van der Waals surface area contributed by atoms with E-state index in [2.05, 4.69) is 43.1 Å². The maximum atomic E-state index is 4.66. The van der Waals surface area contributed by atoms with E-state index in [0.29, 0.717) is 5.95 Å². The molecule has 0 bridgehead atoms. The fourth-order valence-corrected chi connectivity index (χ4v) is 3.30. The van der Waals surface area contributed by atoms with Crippen molar-refractivity contribution in [2.45, 2.75) is 6.42 Å². The Morgan fingerprint density at radius 3 is 2.64 bits per heavy atom. The number of thiophene rings is 1. The van der Waals surface area contributed by atoms with Crippen LogP contribution >= 0.6 is 11.3 Å². The van der Waals surface area contributed by atoms with E-state index in [1.807, 2.05) is 36.4 Å². The van der Waals surface area contributed by atoms with Crippen LogP contribution in [0.15, 0.2) is 66.3 Å².